The lowest BCUT2D eigenvalue weighted by Crippen LogP contribution is -2.08. The number of nitrogens with two attached hydrogens (primary N) is 1. The lowest BCUT2D eigenvalue weighted by Gasteiger charge is -1.96. The second-order valence-corrected chi connectivity index (χ2v) is 3.87. The highest BCUT2D eigenvalue weighted by atomic mass is 32.1. The van der Waals surface area contributed by atoms with Gasteiger partial charge in [-0.15, -0.1) is 11.3 Å². The Bertz CT molecular complexity index is 398. The number of aromatic nitrogens is 3. The van der Waals surface area contributed by atoms with E-state index >= 15 is 0 Å². The minimum atomic E-state index is 0.426. The first-order chi connectivity index (χ1) is 7.40. The van der Waals surface area contributed by atoms with Crippen LogP contribution in [0.2, 0.25) is 0 Å². The molecule has 0 amide bonds. The van der Waals surface area contributed by atoms with Crippen molar-refractivity contribution >= 4 is 11.3 Å². The van der Waals surface area contributed by atoms with Crippen LogP contribution in [0.3, 0.4) is 0 Å². The fourth-order valence-corrected chi connectivity index (χ4v) is 1.79. The summed E-state index contributed by atoms with van der Waals surface area (Å²) in [5, 5.41) is 8.93. The summed E-state index contributed by atoms with van der Waals surface area (Å²) in [6.45, 7) is 1.48. The average molecular weight is 224 g/mol. The molecule has 2 heterocycles. The molecule has 2 rings (SSSR count). The molecule has 0 radical (unpaired) electrons. The van der Waals surface area contributed by atoms with Crippen molar-refractivity contribution in [1.82, 2.24) is 15.2 Å². The molecular formula is C9H12N4OS. The number of aromatic amines is 1. The van der Waals surface area contributed by atoms with E-state index in [1.165, 1.54) is 0 Å². The molecule has 0 fully saturated rings. The van der Waals surface area contributed by atoms with Gasteiger partial charge in [0.15, 0.2) is 11.6 Å². The third kappa shape index (κ3) is 2.62. The minimum Gasteiger partial charge on any atom is -0.372 e. The summed E-state index contributed by atoms with van der Waals surface area (Å²) < 4.78 is 5.24. The van der Waals surface area contributed by atoms with E-state index in [0.717, 1.165) is 16.5 Å². The van der Waals surface area contributed by atoms with Gasteiger partial charge in [-0.2, -0.15) is 5.10 Å². The van der Waals surface area contributed by atoms with Crippen molar-refractivity contribution in [3.63, 3.8) is 0 Å². The summed E-state index contributed by atoms with van der Waals surface area (Å²) >= 11 is 1.61. The number of rotatable bonds is 5. The Morgan fingerprint density at radius 2 is 2.47 bits per heavy atom. The highest BCUT2D eigenvalue weighted by Gasteiger charge is 2.05. The molecular weight excluding hydrogens is 212 g/mol. The molecule has 0 aliphatic rings. The summed E-state index contributed by atoms with van der Waals surface area (Å²) in [6.07, 6.45) is 0. The first kappa shape index (κ1) is 10.3. The number of nitrogens with zero attached hydrogens (tertiary/aromatic N) is 2. The molecule has 15 heavy (non-hydrogen) atoms. The van der Waals surface area contributed by atoms with Crippen LogP contribution in [0.25, 0.3) is 10.7 Å². The normalized spacial score (nSPS) is 10.7. The quantitative estimate of drug-likeness (QED) is 0.743. The molecule has 0 aliphatic heterocycles. The highest BCUT2D eigenvalue weighted by Crippen LogP contribution is 2.20. The summed E-state index contributed by atoms with van der Waals surface area (Å²) in [5.74, 6) is 1.45. The standard InChI is InChI=1S/C9H12N4OS/c10-3-4-14-6-8-11-9(13-12-8)7-2-1-5-15-7/h1-2,5H,3-4,6,10H2,(H,11,12,13). The lowest BCUT2D eigenvalue weighted by atomic mass is 10.4. The van der Waals surface area contributed by atoms with Crippen LogP contribution in [0.1, 0.15) is 5.82 Å². The van der Waals surface area contributed by atoms with E-state index in [2.05, 4.69) is 15.2 Å². The van der Waals surface area contributed by atoms with Gasteiger partial charge in [0.2, 0.25) is 0 Å². The first-order valence-corrected chi connectivity index (χ1v) is 5.51. The van der Waals surface area contributed by atoms with Gasteiger partial charge in [-0.05, 0) is 11.4 Å². The fourth-order valence-electron chi connectivity index (χ4n) is 1.13. The largest absolute Gasteiger partial charge is 0.372 e. The van der Waals surface area contributed by atoms with Crippen LogP contribution < -0.4 is 5.73 Å². The van der Waals surface area contributed by atoms with Gasteiger partial charge in [0.05, 0.1) is 11.5 Å². The molecule has 2 aromatic rings. The lowest BCUT2D eigenvalue weighted by molar-refractivity contribution is 0.123. The highest BCUT2D eigenvalue weighted by molar-refractivity contribution is 7.13. The summed E-state index contributed by atoms with van der Waals surface area (Å²) in [6, 6.07) is 3.96. The molecule has 0 saturated carbocycles. The topological polar surface area (TPSA) is 76.8 Å². The van der Waals surface area contributed by atoms with Crippen molar-refractivity contribution in [1.29, 1.82) is 0 Å². The summed E-state index contributed by atoms with van der Waals surface area (Å²) in [5.41, 5.74) is 5.31. The van der Waals surface area contributed by atoms with E-state index in [1.54, 1.807) is 11.3 Å². The molecule has 0 aromatic carbocycles. The Morgan fingerprint density at radius 1 is 1.53 bits per heavy atom. The predicted molar refractivity (Wildman–Crippen MR) is 58.4 cm³/mol. The monoisotopic (exact) mass is 224 g/mol. The van der Waals surface area contributed by atoms with Crippen molar-refractivity contribution in [3.05, 3.63) is 23.3 Å². The van der Waals surface area contributed by atoms with Crippen LogP contribution in [0.4, 0.5) is 0 Å². The molecule has 0 bridgehead atoms. The molecule has 80 valence electrons. The maximum absolute atomic E-state index is 5.31. The molecule has 2 aromatic heterocycles. The Balaban J connectivity index is 1.98. The maximum Gasteiger partial charge on any atom is 0.191 e. The number of thiophene rings is 1. The predicted octanol–water partition coefficient (Wildman–Crippen LogP) is 1.01. The molecule has 3 N–H and O–H groups in total. The van der Waals surface area contributed by atoms with Crippen LogP contribution >= 0.6 is 11.3 Å². The average Bonchev–Trinajstić information content (AvgIpc) is 2.87. The van der Waals surface area contributed by atoms with Gasteiger partial charge >= 0.3 is 0 Å². The van der Waals surface area contributed by atoms with Crippen molar-refractivity contribution < 1.29 is 4.74 Å². The van der Waals surface area contributed by atoms with E-state index in [9.17, 15) is 0 Å². The molecule has 0 unspecified atom stereocenters. The van der Waals surface area contributed by atoms with E-state index < -0.39 is 0 Å². The van der Waals surface area contributed by atoms with E-state index in [0.29, 0.717) is 19.8 Å². The van der Waals surface area contributed by atoms with Crippen LogP contribution in [0.5, 0.6) is 0 Å². The second-order valence-electron chi connectivity index (χ2n) is 2.92. The van der Waals surface area contributed by atoms with Crippen LogP contribution in [-0.4, -0.2) is 28.3 Å². The van der Waals surface area contributed by atoms with Gasteiger partial charge in [-0.25, -0.2) is 4.98 Å². The van der Waals surface area contributed by atoms with Gasteiger partial charge in [-0.3, -0.25) is 5.10 Å². The minimum absolute atomic E-state index is 0.426. The number of H-pyrrole nitrogens is 1. The van der Waals surface area contributed by atoms with Crippen molar-refractivity contribution in [3.8, 4) is 10.7 Å². The molecule has 5 nitrogen and oxygen atoms in total. The molecule has 6 heteroatoms. The molecule has 0 saturated heterocycles. The van der Waals surface area contributed by atoms with Crippen LogP contribution in [0, 0.1) is 0 Å². The Labute approximate surface area is 91.3 Å². The van der Waals surface area contributed by atoms with E-state index in [-0.39, 0.29) is 0 Å². The van der Waals surface area contributed by atoms with Crippen molar-refractivity contribution in [2.45, 2.75) is 6.61 Å². The number of hydrogen-bond donors (Lipinski definition) is 2. The van der Waals surface area contributed by atoms with Crippen LogP contribution in [-0.2, 0) is 11.3 Å². The van der Waals surface area contributed by atoms with Crippen LogP contribution in [0.15, 0.2) is 17.5 Å². The molecule has 0 atom stereocenters. The van der Waals surface area contributed by atoms with Gasteiger partial charge < -0.3 is 10.5 Å². The zero-order valence-corrected chi connectivity index (χ0v) is 8.96. The zero-order valence-electron chi connectivity index (χ0n) is 8.14. The Morgan fingerprint density at radius 3 is 3.20 bits per heavy atom. The molecule has 0 spiro atoms. The first-order valence-electron chi connectivity index (χ1n) is 4.63. The smallest absolute Gasteiger partial charge is 0.191 e. The third-order valence-electron chi connectivity index (χ3n) is 1.77. The van der Waals surface area contributed by atoms with Gasteiger partial charge in [0.1, 0.15) is 6.61 Å². The van der Waals surface area contributed by atoms with E-state index in [4.69, 9.17) is 10.5 Å². The Hall–Kier alpha value is -1.24. The summed E-state index contributed by atoms with van der Waals surface area (Å²) in [4.78, 5) is 5.35. The van der Waals surface area contributed by atoms with Crippen molar-refractivity contribution in [2.75, 3.05) is 13.2 Å². The SMILES string of the molecule is NCCOCc1nc(-c2cccs2)n[nH]1. The maximum atomic E-state index is 5.31. The second kappa shape index (κ2) is 5.01. The van der Waals surface area contributed by atoms with Gasteiger partial charge in [0, 0.05) is 6.54 Å². The number of nitrogens with one attached hydrogen (secondary N) is 1. The zero-order chi connectivity index (χ0) is 10.5. The summed E-state index contributed by atoms with van der Waals surface area (Å²) in [7, 11) is 0. The van der Waals surface area contributed by atoms with Gasteiger partial charge in [-0.1, -0.05) is 6.07 Å². The number of ether oxygens (including phenoxy) is 1. The van der Waals surface area contributed by atoms with Gasteiger partial charge in [0.25, 0.3) is 0 Å². The number of hydrogen-bond acceptors (Lipinski definition) is 5. The fraction of sp³-hybridized carbons (Fsp3) is 0.333. The Kier molecular flexibility index (Phi) is 3.44. The van der Waals surface area contributed by atoms with E-state index in [1.807, 2.05) is 17.5 Å². The third-order valence-corrected chi connectivity index (χ3v) is 2.64. The molecule has 0 aliphatic carbocycles. The van der Waals surface area contributed by atoms with Crippen molar-refractivity contribution in [2.24, 2.45) is 5.73 Å².